The Balaban J connectivity index is 1.69. The van der Waals surface area contributed by atoms with Gasteiger partial charge >= 0.3 is 0 Å². The molecule has 1 fully saturated rings. The molecule has 1 aromatic rings. The Hall–Kier alpha value is -2.38. The highest BCUT2D eigenvalue weighted by Crippen LogP contribution is 2.40. The molecule has 0 aromatic carbocycles. The number of pyridine rings is 1. The maximum atomic E-state index is 13.0. The van der Waals surface area contributed by atoms with E-state index in [1.807, 2.05) is 29.8 Å². The number of thioether (sulfide) groups is 1. The third-order valence-corrected chi connectivity index (χ3v) is 7.78. The number of allylic oxidation sites excluding steroid dienone is 4. The van der Waals surface area contributed by atoms with Crippen molar-refractivity contribution in [1.82, 2.24) is 9.88 Å². The van der Waals surface area contributed by atoms with E-state index in [4.69, 9.17) is 4.98 Å². The molecule has 2 amide bonds. The predicted octanol–water partition coefficient (Wildman–Crippen LogP) is 4.19. The normalized spacial score (nSPS) is 21.1. The van der Waals surface area contributed by atoms with Crippen LogP contribution in [0.5, 0.6) is 0 Å². The first-order valence-corrected chi connectivity index (χ1v) is 12.8. The SMILES string of the molecule is CC(=O)N(c1c(C)cnc2c1C(C)CC=C(C1=CSCC1)C=C2)C1CCN(C(=O)CO)CC1. The van der Waals surface area contributed by atoms with Crippen molar-refractivity contribution in [2.45, 2.75) is 58.4 Å². The van der Waals surface area contributed by atoms with Crippen LogP contribution in [0, 0.1) is 6.92 Å². The zero-order valence-electron chi connectivity index (χ0n) is 19.7. The number of aryl methyl sites for hydroxylation is 1. The predicted molar refractivity (Wildman–Crippen MR) is 134 cm³/mol. The van der Waals surface area contributed by atoms with Crippen molar-refractivity contribution in [3.05, 3.63) is 51.7 Å². The highest BCUT2D eigenvalue weighted by atomic mass is 32.2. The minimum Gasteiger partial charge on any atom is -0.387 e. The van der Waals surface area contributed by atoms with Crippen LogP contribution in [-0.2, 0) is 9.59 Å². The molecule has 1 saturated heterocycles. The highest BCUT2D eigenvalue weighted by molar-refractivity contribution is 8.02. The number of anilines is 1. The summed E-state index contributed by atoms with van der Waals surface area (Å²) in [4.78, 5) is 33.3. The summed E-state index contributed by atoms with van der Waals surface area (Å²) >= 11 is 1.87. The van der Waals surface area contributed by atoms with Crippen molar-refractivity contribution in [2.75, 3.05) is 30.3 Å². The fraction of sp³-hybridized carbons (Fsp3) is 0.500. The van der Waals surface area contributed by atoms with Crippen LogP contribution in [0.4, 0.5) is 5.69 Å². The topological polar surface area (TPSA) is 73.7 Å². The van der Waals surface area contributed by atoms with Gasteiger partial charge < -0.3 is 14.9 Å². The summed E-state index contributed by atoms with van der Waals surface area (Å²) in [5.41, 5.74) is 6.71. The van der Waals surface area contributed by atoms with Gasteiger partial charge in [0.2, 0.25) is 11.8 Å². The average Bonchev–Trinajstić information content (AvgIpc) is 3.34. The number of carbonyl (C=O) groups is 2. The molecule has 2 aliphatic heterocycles. The highest BCUT2D eigenvalue weighted by Gasteiger charge is 2.33. The number of hydrogen-bond donors (Lipinski definition) is 1. The summed E-state index contributed by atoms with van der Waals surface area (Å²) in [6, 6.07) is 0.0174. The van der Waals surface area contributed by atoms with Crippen LogP contribution in [0.3, 0.4) is 0 Å². The number of aliphatic hydroxyl groups excluding tert-OH is 1. The Labute approximate surface area is 200 Å². The second kappa shape index (κ2) is 10.3. The molecule has 1 aliphatic carbocycles. The van der Waals surface area contributed by atoms with Gasteiger partial charge in [0.1, 0.15) is 6.61 Å². The lowest BCUT2D eigenvalue weighted by atomic mass is 9.87. The number of fused-ring (bicyclic) bond motifs is 1. The first-order chi connectivity index (χ1) is 15.9. The molecule has 1 atom stereocenters. The summed E-state index contributed by atoms with van der Waals surface area (Å²) in [6.45, 7) is 6.51. The zero-order valence-corrected chi connectivity index (χ0v) is 20.5. The lowest BCUT2D eigenvalue weighted by Crippen LogP contribution is -2.49. The molecule has 0 bridgehead atoms. The number of rotatable bonds is 4. The average molecular weight is 468 g/mol. The van der Waals surface area contributed by atoms with Gasteiger partial charge in [-0.2, -0.15) is 0 Å². The van der Waals surface area contributed by atoms with E-state index < -0.39 is 6.61 Å². The quantitative estimate of drug-likeness (QED) is 0.719. The molecule has 33 heavy (non-hydrogen) atoms. The van der Waals surface area contributed by atoms with Gasteiger partial charge in [-0.15, -0.1) is 11.8 Å². The van der Waals surface area contributed by atoms with Crippen molar-refractivity contribution >= 4 is 35.3 Å². The van der Waals surface area contributed by atoms with Crippen LogP contribution in [-0.4, -0.2) is 58.3 Å². The Morgan fingerprint density at radius 1 is 1.27 bits per heavy atom. The Morgan fingerprint density at radius 2 is 2.03 bits per heavy atom. The van der Waals surface area contributed by atoms with Crippen molar-refractivity contribution in [1.29, 1.82) is 0 Å². The van der Waals surface area contributed by atoms with E-state index in [0.717, 1.165) is 41.1 Å². The third-order valence-electron chi connectivity index (χ3n) is 6.89. The smallest absolute Gasteiger partial charge is 0.248 e. The van der Waals surface area contributed by atoms with Crippen molar-refractivity contribution in [3.63, 3.8) is 0 Å². The molecular formula is C26H33N3O3S. The maximum Gasteiger partial charge on any atom is 0.248 e. The maximum absolute atomic E-state index is 13.0. The Bertz CT molecular complexity index is 1020. The van der Waals surface area contributed by atoms with Crippen LogP contribution in [0.2, 0.25) is 0 Å². The van der Waals surface area contributed by atoms with Crippen molar-refractivity contribution in [2.24, 2.45) is 0 Å². The fourth-order valence-corrected chi connectivity index (χ4v) is 6.05. The van der Waals surface area contributed by atoms with Crippen LogP contribution >= 0.6 is 11.8 Å². The van der Waals surface area contributed by atoms with Crippen molar-refractivity contribution < 1.29 is 14.7 Å². The molecule has 176 valence electrons. The zero-order chi connectivity index (χ0) is 23.5. The van der Waals surface area contributed by atoms with E-state index in [-0.39, 0.29) is 23.8 Å². The fourth-order valence-electron chi connectivity index (χ4n) is 5.14. The van der Waals surface area contributed by atoms with E-state index in [2.05, 4.69) is 30.6 Å². The Kier molecular flexibility index (Phi) is 7.39. The second-order valence-electron chi connectivity index (χ2n) is 9.14. The van der Waals surface area contributed by atoms with Crippen molar-refractivity contribution in [3.8, 4) is 0 Å². The number of aromatic nitrogens is 1. The number of aliphatic hydroxyl groups is 1. The second-order valence-corrected chi connectivity index (χ2v) is 10.1. The molecule has 3 aliphatic rings. The van der Waals surface area contributed by atoms with Crippen LogP contribution in [0.25, 0.3) is 6.08 Å². The standard InChI is InChI=1S/C26H33N3O3S/c1-17-4-5-20(21-10-13-33-16-21)6-7-23-25(17)26(18(2)14-27-23)29(19(3)31)22-8-11-28(12-9-22)24(32)15-30/h5-7,14,16-17,22,30H,4,8-13,15H2,1-3H3. The molecule has 1 aromatic heterocycles. The lowest BCUT2D eigenvalue weighted by molar-refractivity contribution is -0.135. The first kappa shape index (κ1) is 23.8. The molecule has 7 heteroatoms. The van der Waals surface area contributed by atoms with Crippen LogP contribution < -0.4 is 4.90 Å². The van der Waals surface area contributed by atoms with E-state index in [1.54, 1.807) is 11.8 Å². The van der Waals surface area contributed by atoms with Gasteiger partial charge in [-0.05, 0) is 66.7 Å². The number of likely N-dealkylation sites (tertiary alicyclic amines) is 1. The van der Waals surface area contributed by atoms with Gasteiger partial charge in [0.15, 0.2) is 0 Å². The van der Waals surface area contributed by atoms with E-state index in [1.165, 1.54) is 11.1 Å². The molecule has 6 nitrogen and oxygen atoms in total. The van der Waals surface area contributed by atoms with Gasteiger partial charge in [-0.3, -0.25) is 14.6 Å². The number of piperidine rings is 1. The molecular weight excluding hydrogens is 434 g/mol. The monoisotopic (exact) mass is 467 g/mol. The molecule has 1 N–H and O–H groups in total. The van der Waals surface area contributed by atoms with Crippen LogP contribution in [0.15, 0.2) is 34.9 Å². The van der Waals surface area contributed by atoms with E-state index in [0.29, 0.717) is 25.9 Å². The van der Waals surface area contributed by atoms with Gasteiger partial charge in [-0.25, -0.2) is 0 Å². The molecule has 4 rings (SSSR count). The molecule has 0 spiro atoms. The van der Waals surface area contributed by atoms with Crippen LogP contribution in [0.1, 0.15) is 62.3 Å². The summed E-state index contributed by atoms with van der Waals surface area (Å²) < 4.78 is 0. The van der Waals surface area contributed by atoms with Gasteiger partial charge in [0, 0.05) is 43.6 Å². The minimum absolute atomic E-state index is 0.0149. The van der Waals surface area contributed by atoms with E-state index in [9.17, 15) is 14.7 Å². The van der Waals surface area contributed by atoms with Gasteiger partial charge in [0.05, 0.1) is 11.4 Å². The number of nitrogens with zero attached hydrogens (tertiary/aromatic N) is 3. The summed E-state index contributed by atoms with van der Waals surface area (Å²) in [7, 11) is 0. The van der Waals surface area contributed by atoms with Gasteiger partial charge in [0.25, 0.3) is 0 Å². The molecule has 0 saturated carbocycles. The molecule has 0 radical (unpaired) electrons. The third kappa shape index (κ3) is 4.94. The summed E-state index contributed by atoms with van der Waals surface area (Å²) in [5, 5.41) is 11.5. The molecule has 1 unspecified atom stereocenters. The minimum atomic E-state index is -0.465. The summed E-state index contributed by atoms with van der Waals surface area (Å²) in [6.07, 6.45) is 11.9. The lowest BCUT2D eigenvalue weighted by Gasteiger charge is -2.40. The Morgan fingerprint density at radius 3 is 2.67 bits per heavy atom. The number of carbonyl (C=O) groups excluding carboxylic acids is 2. The number of amides is 2. The first-order valence-electron chi connectivity index (χ1n) is 11.8. The largest absolute Gasteiger partial charge is 0.387 e. The van der Waals surface area contributed by atoms with E-state index >= 15 is 0 Å². The molecule has 3 heterocycles. The van der Waals surface area contributed by atoms with Gasteiger partial charge in [-0.1, -0.05) is 19.1 Å². The summed E-state index contributed by atoms with van der Waals surface area (Å²) in [5.74, 6) is 1.13. The number of hydrogen-bond acceptors (Lipinski definition) is 5.